The Hall–Kier alpha value is -0.0800. The minimum atomic E-state index is 0. The maximum absolute atomic E-state index is 5.76. The van der Waals surface area contributed by atoms with E-state index in [1.165, 1.54) is 0 Å². The van der Waals surface area contributed by atoms with Crippen molar-refractivity contribution in [3.05, 3.63) is 0 Å². The highest BCUT2D eigenvalue weighted by Gasteiger charge is 2.01. The number of ether oxygens (including phenoxy) is 1. The van der Waals surface area contributed by atoms with Crippen LogP contribution in [-0.2, 0) is 4.74 Å². The number of aliphatic imine (C=N–C) groups is 1. The second-order valence-corrected chi connectivity index (χ2v) is 4.15. The third kappa shape index (κ3) is 11.0. The van der Waals surface area contributed by atoms with Crippen molar-refractivity contribution in [3.8, 4) is 0 Å². The van der Waals surface area contributed by atoms with Gasteiger partial charge in [0, 0.05) is 19.7 Å². The molecule has 0 spiro atoms. The maximum atomic E-state index is 5.76. The van der Waals surface area contributed by atoms with Crippen LogP contribution in [0, 0.1) is 0 Å². The standard InChI is InChI=1S/C12H28N4O.HI/c1-5-16(6-2)9-7-8-14-12(13)15-11(3)10-17-4;/h11H,5-10H2,1-4H3,(H3,13,14,15);1H. The molecule has 0 aliphatic heterocycles. The Labute approximate surface area is 129 Å². The van der Waals surface area contributed by atoms with Gasteiger partial charge in [0.25, 0.3) is 0 Å². The second kappa shape index (κ2) is 13.4. The molecular weight excluding hydrogens is 343 g/mol. The van der Waals surface area contributed by atoms with Crippen molar-refractivity contribution in [3.63, 3.8) is 0 Å². The molecule has 1 unspecified atom stereocenters. The van der Waals surface area contributed by atoms with E-state index in [0.29, 0.717) is 12.6 Å². The van der Waals surface area contributed by atoms with Crippen molar-refractivity contribution in [2.75, 3.05) is 39.9 Å². The van der Waals surface area contributed by atoms with Crippen molar-refractivity contribution in [2.45, 2.75) is 33.2 Å². The molecule has 0 radical (unpaired) electrons. The molecule has 18 heavy (non-hydrogen) atoms. The first-order valence-electron chi connectivity index (χ1n) is 6.41. The fourth-order valence-electron chi connectivity index (χ4n) is 1.62. The van der Waals surface area contributed by atoms with Crippen molar-refractivity contribution < 1.29 is 4.74 Å². The summed E-state index contributed by atoms with van der Waals surface area (Å²) in [6, 6.07) is 0.200. The molecule has 0 aliphatic rings. The number of guanidine groups is 1. The van der Waals surface area contributed by atoms with E-state index in [9.17, 15) is 0 Å². The van der Waals surface area contributed by atoms with E-state index in [1.807, 2.05) is 6.92 Å². The molecule has 0 bridgehead atoms. The van der Waals surface area contributed by atoms with Gasteiger partial charge in [0.2, 0.25) is 0 Å². The van der Waals surface area contributed by atoms with Crippen LogP contribution in [0.25, 0.3) is 0 Å². The largest absolute Gasteiger partial charge is 0.383 e. The van der Waals surface area contributed by atoms with Gasteiger partial charge in [0.1, 0.15) is 0 Å². The van der Waals surface area contributed by atoms with Gasteiger partial charge in [0.15, 0.2) is 5.96 Å². The summed E-state index contributed by atoms with van der Waals surface area (Å²) in [5.74, 6) is 0.508. The van der Waals surface area contributed by atoms with E-state index < -0.39 is 0 Å². The first-order chi connectivity index (χ1) is 8.13. The molecule has 0 heterocycles. The normalized spacial score (nSPS) is 13.3. The first-order valence-corrected chi connectivity index (χ1v) is 6.41. The van der Waals surface area contributed by atoms with Crippen LogP contribution in [0.5, 0.6) is 0 Å². The Kier molecular flexibility index (Phi) is 15.0. The molecule has 6 heteroatoms. The third-order valence-electron chi connectivity index (χ3n) is 2.62. The van der Waals surface area contributed by atoms with Gasteiger partial charge in [-0.05, 0) is 33.0 Å². The minimum Gasteiger partial charge on any atom is -0.383 e. The van der Waals surface area contributed by atoms with E-state index in [0.717, 1.165) is 32.6 Å². The number of nitrogens with one attached hydrogen (secondary N) is 1. The van der Waals surface area contributed by atoms with Crippen molar-refractivity contribution in [2.24, 2.45) is 10.7 Å². The predicted molar refractivity (Wildman–Crippen MR) is 88.8 cm³/mol. The molecule has 0 saturated heterocycles. The van der Waals surface area contributed by atoms with Crippen LogP contribution >= 0.6 is 24.0 Å². The summed E-state index contributed by atoms with van der Waals surface area (Å²) >= 11 is 0. The second-order valence-electron chi connectivity index (χ2n) is 4.15. The van der Waals surface area contributed by atoms with Crippen molar-refractivity contribution >= 4 is 29.9 Å². The van der Waals surface area contributed by atoms with E-state index in [2.05, 4.69) is 29.1 Å². The third-order valence-corrected chi connectivity index (χ3v) is 2.62. The van der Waals surface area contributed by atoms with Crippen LogP contribution < -0.4 is 11.1 Å². The summed E-state index contributed by atoms with van der Waals surface area (Å²) in [6.07, 6.45) is 1.04. The average molecular weight is 372 g/mol. The topological polar surface area (TPSA) is 62.9 Å². The Morgan fingerprint density at radius 2 is 2.00 bits per heavy atom. The fraction of sp³-hybridized carbons (Fsp3) is 0.917. The lowest BCUT2D eigenvalue weighted by Crippen LogP contribution is -2.40. The summed E-state index contributed by atoms with van der Waals surface area (Å²) in [5, 5.41) is 3.09. The molecule has 0 aromatic heterocycles. The number of hydrogen-bond donors (Lipinski definition) is 2. The van der Waals surface area contributed by atoms with Gasteiger partial charge < -0.3 is 20.7 Å². The highest BCUT2D eigenvalue weighted by molar-refractivity contribution is 14.0. The summed E-state index contributed by atoms with van der Waals surface area (Å²) in [5.41, 5.74) is 5.76. The zero-order chi connectivity index (χ0) is 13.1. The number of nitrogens with two attached hydrogens (primary N) is 1. The van der Waals surface area contributed by atoms with Crippen LogP contribution in [-0.4, -0.2) is 56.8 Å². The Balaban J connectivity index is 0. The molecule has 1 atom stereocenters. The zero-order valence-corrected chi connectivity index (χ0v) is 14.4. The number of methoxy groups -OCH3 is 1. The van der Waals surface area contributed by atoms with E-state index in [1.54, 1.807) is 7.11 Å². The fourth-order valence-corrected chi connectivity index (χ4v) is 1.62. The summed E-state index contributed by atoms with van der Waals surface area (Å²) < 4.78 is 5.01. The van der Waals surface area contributed by atoms with E-state index in [-0.39, 0.29) is 30.0 Å². The smallest absolute Gasteiger partial charge is 0.188 e. The molecule has 3 N–H and O–H groups in total. The number of hydrogen-bond acceptors (Lipinski definition) is 3. The molecular formula is C12H29IN4O. The quantitative estimate of drug-likeness (QED) is 0.277. The molecule has 5 nitrogen and oxygen atoms in total. The van der Waals surface area contributed by atoms with Gasteiger partial charge in [-0.15, -0.1) is 24.0 Å². The first kappa shape index (κ1) is 20.2. The number of rotatable bonds is 9. The lowest BCUT2D eigenvalue weighted by Gasteiger charge is -2.17. The maximum Gasteiger partial charge on any atom is 0.188 e. The summed E-state index contributed by atoms with van der Waals surface area (Å²) in [4.78, 5) is 6.67. The number of halogens is 1. The lowest BCUT2D eigenvalue weighted by atomic mass is 10.3. The van der Waals surface area contributed by atoms with Gasteiger partial charge in [-0.2, -0.15) is 0 Å². The molecule has 0 fully saturated rings. The van der Waals surface area contributed by atoms with Gasteiger partial charge in [-0.1, -0.05) is 13.8 Å². The summed E-state index contributed by atoms with van der Waals surface area (Å²) in [7, 11) is 1.68. The Morgan fingerprint density at radius 1 is 1.39 bits per heavy atom. The van der Waals surface area contributed by atoms with E-state index >= 15 is 0 Å². The van der Waals surface area contributed by atoms with Crippen molar-refractivity contribution in [1.82, 2.24) is 10.2 Å². The highest BCUT2D eigenvalue weighted by Crippen LogP contribution is 1.91. The molecule has 0 rings (SSSR count). The van der Waals surface area contributed by atoms with Crippen LogP contribution in [0.15, 0.2) is 4.99 Å². The average Bonchev–Trinajstić information content (AvgIpc) is 2.29. The summed E-state index contributed by atoms with van der Waals surface area (Å²) in [6.45, 7) is 11.0. The molecule has 0 aliphatic carbocycles. The molecule has 0 aromatic rings. The van der Waals surface area contributed by atoms with Crippen molar-refractivity contribution in [1.29, 1.82) is 0 Å². The highest BCUT2D eigenvalue weighted by atomic mass is 127. The number of nitrogens with zero attached hydrogens (tertiary/aromatic N) is 2. The molecule has 0 saturated carbocycles. The molecule has 0 amide bonds. The van der Waals surface area contributed by atoms with Gasteiger partial charge in [-0.3, -0.25) is 4.99 Å². The Morgan fingerprint density at radius 3 is 2.50 bits per heavy atom. The monoisotopic (exact) mass is 372 g/mol. The van der Waals surface area contributed by atoms with Crippen LogP contribution in [0.1, 0.15) is 27.2 Å². The minimum absolute atomic E-state index is 0. The van der Waals surface area contributed by atoms with E-state index in [4.69, 9.17) is 10.5 Å². The zero-order valence-electron chi connectivity index (χ0n) is 12.1. The van der Waals surface area contributed by atoms with Crippen LogP contribution in [0.2, 0.25) is 0 Å². The Bertz CT molecular complexity index is 210. The lowest BCUT2D eigenvalue weighted by molar-refractivity contribution is 0.179. The van der Waals surface area contributed by atoms with Crippen LogP contribution in [0.3, 0.4) is 0 Å². The molecule has 110 valence electrons. The SMILES string of the molecule is CCN(CC)CCCN=C(N)NC(C)COC.I. The van der Waals surface area contributed by atoms with Gasteiger partial charge in [0.05, 0.1) is 6.61 Å². The molecule has 0 aromatic carbocycles. The van der Waals surface area contributed by atoms with Gasteiger partial charge in [-0.25, -0.2) is 0 Å². The van der Waals surface area contributed by atoms with Gasteiger partial charge >= 0.3 is 0 Å². The van der Waals surface area contributed by atoms with Crippen LogP contribution in [0.4, 0.5) is 0 Å². The predicted octanol–water partition coefficient (Wildman–Crippen LogP) is 1.28.